The number of nitrogens with one attached hydrogen (secondary N) is 1. The molecule has 1 amide bonds. The summed E-state index contributed by atoms with van der Waals surface area (Å²) in [7, 11) is 1.88. The zero-order valence-electron chi connectivity index (χ0n) is 15.6. The molecule has 0 saturated carbocycles. The fraction of sp³-hybridized carbons (Fsp3) is 0.400. The Morgan fingerprint density at radius 3 is 2.44 bits per heavy atom. The second-order valence-electron chi connectivity index (χ2n) is 6.41. The number of aromatic nitrogens is 1. The van der Waals surface area contributed by atoms with E-state index < -0.39 is 18.6 Å². The van der Waals surface area contributed by atoms with E-state index in [4.69, 9.17) is 4.74 Å². The van der Waals surface area contributed by atoms with E-state index >= 15 is 0 Å². The quantitative estimate of drug-likeness (QED) is 0.857. The summed E-state index contributed by atoms with van der Waals surface area (Å²) in [6, 6.07) is 11.4. The van der Waals surface area contributed by atoms with E-state index in [1.807, 2.05) is 50.4 Å². The maximum atomic E-state index is 13.2. The number of amides is 1. The Hall–Kier alpha value is -2.70. The van der Waals surface area contributed by atoms with Crippen LogP contribution in [0.1, 0.15) is 24.0 Å². The van der Waals surface area contributed by atoms with Gasteiger partial charge in [0.1, 0.15) is 6.61 Å². The lowest BCUT2D eigenvalue weighted by Gasteiger charge is -2.31. The molecule has 1 fully saturated rings. The van der Waals surface area contributed by atoms with Gasteiger partial charge in [-0.25, -0.2) is 13.6 Å². The molecular formula is C20H25F2N3O2. The van der Waals surface area contributed by atoms with Crippen LogP contribution in [0.5, 0.6) is 0 Å². The van der Waals surface area contributed by atoms with Crippen LogP contribution in [0.15, 0.2) is 48.8 Å². The number of nitrogens with zero attached hydrogens (tertiary/aromatic N) is 2. The van der Waals surface area contributed by atoms with Crippen LogP contribution in [-0.2, 0) is 11.3 Å². The lowest BCUT2D eigenvalue weighted by Crippen LogP contribution is -2.45. The van der Waals surface area contributed by atoms with Gasteiger partial charge in [0.2, 0.25) is 0 Å². The molecule has 0 radical (unpaired) electrons. The van der Waals surface area contributed by atoms with Crippen molar-refractivity contribution in [3.63, 3.8) is 0 Å². The van der Waals surface area contributed by atoms with Gasteiger partial charge in [-0.05, 0) is 31.0 Å². The average Bonchev–Trinajstić information content (AvgIpc) is 2.67. The topological polar surface area (TPSA) is 54.5 Å². The standard InChI is InChI=1S/C14H17F2NO2.C6H8N2/c1-11-3-5-12(6-4-11)9-19-13(18)17-8-2-7-14(15,16)10-17;1-7-6-2-4-8-5-3-6/h3-6H,2,7-10H2,1H3;2-5H,1H3,(H,7,8). The summed E-state index contributed by atoms with van der Waals surface area (Å²) >= 11 is 0. The summed E-state index contributed by atoms with van der Waals surface area (Å²) in [5.41, 5.74) is 3.06. The molecule has 1 aliphatic rings. The first-order valence-electron chi connectivity index (χ1n) is 8.82. The number of pyridine rings is 1. The molecule has 0 atom stereocenters. The Kier molecular flexibility index (Phi) is 7.52. The first-order valence-corrected chi connectivity index (χ1v) is 8.82. The third kappa shape index (κ3) is 7.21. The SMILES string of the molecule is CNc1ccncc1.Cc1ccc(COC(=O)N2CCCC(F)(F)C2)cc1. The summed E-state index contributed by atoms with van der Waals surface area (Å²) in [5.74, 6) is -2.79. The van der Waals surface area contributed by atoms with Crippen LogP contribution in [-0.4, -0.2) is 42.0 Å². The Bertz CT molecular complexity index is 709. The van der Waals surface area contributed by atoms with Crippen molar-refractivity contribution in [2.45, 2.75) is 32.3 Å². The number of carbonyl (C=O) groups excluding carboxylic acids is 1. The Morgan fingerprint density at radius 1 is 1.22 bits per heavy atom. The summed E-state index contributed by atoms with van der Waals surface area (Å²) < 4.78 is 31.4. The molecule has 27 heavy (non-hydrogen) atoms. The van der Waals surface area contributed by atoms with E-state index in [-0.39, 0.29) is 13.0 Å². The molecule has 0 bridgehead atoms. The van der Waals surface area contributed by atoms with E-state index in [0.717, 1.165) is 21.7 Å². The Morgan fingerprint density at radius 2 is 1.89 bits per heavy atom. The van der Waals surface area contributed by atoms with Gasteiger partial charge >= 0.3 is 6.09 Å². The second kappa shape index (κ2) is 9.85. The minimum Gasteiger partial charge on any atom is -0.445 e. The summed E-state index contributed by atoms with van der Waals surface area (Å²) in [6.07, 6.45) is 3.00. The van der Waals surface area contributed by atoms with Gasteiger partial charge in [0.25, 0.3) is 5.92 Å². The number of likely N-dealkylation sites (tertiary alicyclic amines) is 1. The Labute approximate surface area is 158 Å². The zero-order valence-corrected chi connectivity index (χ0v) is 15.6. The van der Waals surface area contributed by atoms with E-state index in [0.29, 0.717) is 13.0 Å². The molecule has 0 unspecified atom stereocenters. The van der Waals surface area contributed by atoms with Gasteiger partial charge < -0.3 is 15.0 Å². The molecule has 0 spiro atoms. The highest BCUT2D eigenvalue weighted by Crippen LogP contribution is 2.26. The van der Waals surface area contributed by atoms with E-state index in [2.05, 4.69) is 10.3 Å². The first-order chi connectivity index (χ1) is 12.9. The van der Waals surface area contributed by atoms with Crippen molar-refractivity contribution < 1.29 is 18.3 Å². The first kappa shape index (κ1) is 20.6. The van der Waals surface area contributed by atoms with Gasteiger partial charge in [-0.15, -0.1) is 0 Å². The zero-order chi connectivity index (χ0) is 19.7. The predicted octanol–water partition coefficient (Wildman–Crippen LogP) is 4.49. The number of piperidine rings is 1. The third-order valence-electron chi connectivity index (χ3n) is 4.10. The van der Waals surface area contributed by atoms with Gasteiger partial charge in [-0.2, -0.15) is 0 Å². The Balaban J connectivity index is 0.000000273. The number of hydrogen-bond donors (Lipinski definition) is 1. The summed E-state index contributed by atoms with van der Waals surface area (Å²) in [4.78, 5) is 16.6. The summed E-state index contributed by atoms with van der Waals surface area (Å²) in [5, 5.41) is 2.99. The molecule has 2 aromatic rings. The number of ether oxygens (including phenoxy) is 1. The number of alkyl halides is 2. The highest BCUT2D eigenvalue weighted by Gasteiger charge is 2.37. The normalized spacial score (nSPS) is 15.3. The van der Waals surface area contributed by atoms with Gasteiger partial charge in [0.05, 0.1) is 6.54 Å². The molecule has 0 aliphatic carbocycles. The number of rotatable bonds is 3. The minimum absolute atomic E-state index is 0.112. The van der Waals surface area contributed by atoms with Gasteiger partial charge in [0.15, 0.2) is 0 Å². The number of aryl methyl sites for hydroxylation is 1. The average molecular weight is 377 g/mol. The smallest absolute Gasteiger partial charge is 0.410 e. The van der Waals surface area contributed by atoms with Crippen LogP contribution in [0, 0.1) is 6.92 Å². The molecular weight excluding hydrogens is 352 g/mol. The van der Waals surface area contributed by atoms with Crippen LogP contribution in [0.2, 0.25) is 0 Å². The molecule has 1 aromatic heterocycles. The fourth-order valence-electron chi connectivity index (χ4n) is 2.56. The molecule has 5 nitrogen and oxygen atoms in total. The number of anilines is 1. The van der Waals surface area contributed by atoms with Gasteiger partial charge in [-0.1, -0.05) is 29.8 Å². The van der Waals surface area contributed by atoms with Crippen molar-refractivity contribution >= 4 is 11.8 Å². The largest absolute Gasteiger partial charge is 0.445 e. The second-order valence-corrected chi connectivity index (χ2v) is 6.41. The predicted molar refractivity (Wildman–Crippen MR) is 101 cm³/mol. The highest BCUT2D eigenvalue weighted by molar-refractivity contribution is 5.67. The van der Waals surface area contributed by atoms with E-state index in [9.17, 15) is 13.6 Å². The van der Waals surface area contributed by atoms with Gasteiger partial charge in [0, 0.05) is 38.1 Å². The fourth-order valence-corrected chi connectivity index (χ4v) is 2.56. The van der Waals surface area contributed by atoms with Crippen molar-refractivity contribution in [3.8, 4) is 0 Å². The highest BCUT2D eigenvalue weighted by atomic mass is 19.3. The maximum absolute atomic E-state index is 13.2. The maximum Gasteiger partial charge on any atom is 0.410 e. The van der Waals surface area contributed by atoms with Crippen LogP contribution in [0.3, 0.4) is 0 Å². The molecule has 1 saturated heterocycles. The number of benzene rings is 1. The van der Waals surface area contributed by atoms with Gasteiger partial charge in [-0.3, -0.25) is 4.98 Å². The molecule has 7 heteroatoms. The van der Waals surface area contributed by atoms with Crippen molar-refractivity contribution in [1.29, 1.82) is 0 Å². The van der Waals surface area contributed by atoms with Crippen LogP contribution in [0.25, 0.3) is 0 Å². The number of carbonyl (C=O) groups is 1. The van der Waals surface area contributed by atoms with Crippen molar-refractivity contribution in [2.75, 3.05) is 25.5 Å². The molecule has 1 N–H and O–H groups in total. The van der Waals surface area contributed by atoms with Crippen molar-refractivity contribution in [1.82, 2.24) is 9.88 Å². The molecule has 1 aliphatic heterocycles. The molecule has 146 valence electrons. The third-order valence-corrected chi connectivity index (χ3v) is 4.10. The molecule has 3 rings (SSSR count). The number of hydrogen-bond acceptors (Lipinski definition) is 4. The lowest BCUT2D eigenvalue weighted by atomic mass is 10.1. The van der Waals surface area contributed by atoms with Crippen LogP contribution < -0.4 is 5.32 Å². The van der Waals surface area contributed by atoms with Crippen LogP contribution in [0.4, 0.5) is 19.3 Å². The molecule has 1 aromatic carbocycles. The minimum atomic E-state index is -2.79. The van der Waals surface area contributed by atoms with Crippen molar-refractivity contribution in [2.24, 2.45) is 0 Å². The lowest BCUT2D eigenvalue weighted by molar-refractivity contribution is -0.0611. The summed E-state index contributed by atoms with van der Waals surface area (Å²) in [6.45, 7) is 1.87. The van der Waals surface area contributed by atoms with Crippen molar-refractivity contribution in [3.05, 3.63) is 59.9 Å². The monoisotopic (exact) mass is 377 g/mol. The molecule has 2 heterocycles. The number of halogens is 2. The van der Waals surface area contributed by atoms with Crippen LogP contribution >= 0.6 is 0 Å². The van der Waals surface area contributed by atoms with E-state index in [1.54, 1.807) is 12.4 Å². The van der Waals surface area contributed by atoms with E-state index in [1.165, 1.54) is 0 Å².